The Bertz CT molecular complexity index is 767. The molecule has 4 nitrogen and oxygen atoms in total. The number of rotatable bonds is 5. The van der Waals surface area contributed by atoms with Crippen molar-refractivity contribution in [2.24, 2.45) is 0 Å². The Labute approximate surface area is 148 Å². The second-order valence-corrected chi connectivity index (χ2v) is 5.81. The predicted octanol–water partition coefficient (Wildman–Crippen LogP) is 3.65. The Morgan fingerprint density at radius 2 is 1.92 bits per heavy atom. The van der Waals surface area contributed by atoms with Crippen LogP contribution in [0.2, 0.25) is 10.0 Å². The molecule has 1 N–H and O–H groups in total. The number of hydrogen-bond acceptors (Lipinski definition) is 3. The maximum atomic E-state index is 13.7. The van der Waals surface area contributed by atoms with Gasteiger partial charge in [0, 0.05) is 16.5 Å². The van der Waals surface area contributed by atoms with E-state index in [0.717, 1.165) is 6.07 Å². The van der Waals surface area contributed by atoms with Crippen molar-refractivity contribution in [3.05, 3.63) is 69.5 Å². The third-order valence-corrected chi connectivity index (χ3v) is 3.94. The summed E-state index contributed by atoms with van der Waals surface area (Å²) in [6.07, 6.45) is 0.0862. The fourth-order valence-corrected chi connectivity index (χ4v) is 2.61. The van der Waals surface area contributed by atoms with Crippen LogP contribution in [0, 0.1) is 5.82 Å². The minimum absolute atomic E-state index is 0.0862. The summed E-state index contributed by atoms with van der Waals surface area (Å²) < 4.78 is 18.4. The smallest absolute Gasteiger partial charge is 0.328 e. The molecule has 0 radical (unpaired) electrons. The number of esters is 1. The molecule has 2 aromatic carbocycles. The van der Waals surface area contributed by atoms with Crippen molar-refractivity contribution in [1.29, 1.82) is 0 Å². The molecule has 0 heterocycles. The number of benzene rings is 2. The lowest BCUT2D eigenvalue weighted by Gasteiger charge is -2.17. The summed E-state index contributed by atoms with van der Waals surface area (Å²) in [6.45, 7) is 0. The molecule has 0 aliphatic carbocycles. The standard InChI is InChI=1S/C17H14Cl2FNO3/c1-24-17(23)15(8-10-6-7-11(18)9-13(10)19)21-16(22)12-4-2-3-5-14(12)20/h2-7,9,15H,8H2,1H3,(H,21,22)/t15-/m1/s1. The Morgan fingerprint density at radius 3 is 2.54 bits per heavy atom. The van der Waals surface area contributed by atoms with Crippen molar-refractivity contribution in [3.8, 4) is 0 Å². The molecule has 0 aliphatic rings. The molecule has 1 amide bonds. The van der Waals surface area contributed by atoms with E-state index in [1.165, 1.54) is 31.4 Å². The number of halogens is 3. The Kier molecular flexibility index (Phi) is 6.17. The summed E-state index contributed by atoms with van der Waals surface area (Å²) >= 11 is 11.9. The molecule has 0 bridgehead atoms. The Morgan fingerprint density at radius 1 is 1.21 bits per heavy atom. The topological polar surface area (TPSA) is 55.4 Å². The molecule has 0 fully saturated rings. The average molecular weight is 370 g/mol. The third kappa shape index (κ3) is 4.46. The summed E-state index contributed by atoms with van der Waals surface area (Å²) in [5, 5.41) is 3.28. The normalized spacial score (nSPS) is 11.7. The molecule has 0 aromatic heterocycles. The van der Waals surface area contributed by atoms with Crippen LogP contribution < -0.4 is 5.32 Å². The Balaban J connectivity index is 2.21. The first-order chi connectivity index (χ1) is 11.4. The molecular formula is C17H14Cl2FNO3. The molecule has 0 saturated heterocycles. The molecule has 2 aromatic rings. The van der Waals surface area contributed by atoms with Gasteiger partial charge < -0.3 is 10.1 Å². The predicted molar refractivity (Wildman–Crippen MR) is 89.8 cm³/mol. The molecule has 0 saturated carbocycles. The van der Waals surface area contributed by atoms with Gasteiger partial charge >= 0.3 is 5.97 Å². The molecule has 126 valence electrons. The number of methoxy groups -OCH3 is 1. The number of amides is 1. The highest BCUT2D eigenvalue weighted by Gasteiger charge is 2.24. The van der Waals surface area contributed by atoms with E-state index in [1.807, 2.05) is 0 Å². The van der Waals surface area contributed by atoms with Gasteiger partial charge in [-0.15, -0.1) is 0 Å². The molecule has 1 atom stereocenters. The van der Waals surface area contributed by atoms with Crippen molar-refractivity contribution in [2.75, 3.05) is 7.11 Å². The van der Waals surface area contributed by atoms with Gasteiger partial charge in [-0.05, 0) is 29.8 Å². The Hall–Kier alpha value is -2.11. The lowest BCUT2D eigenvalue weighted by Crippen LogP contribution is -2.43. The van der Waals surface area contributed by atoms with Gasteiger partial charge in [0.1, 0.15) is 11.9 Å². The molecular weight excluding hydrogens is 356 g/mol. The number of carbonyl (C=O) groups excluding carboxylic acids is 2. The molecule has 0 unspecified atom stereocenters. The van der Waals surface area contributed by atoms with E-state index in [4.69, 9.17) is 27.9 Å². The first-order valence-electron chi connectivity index (χ1n) is 6.99. The largest absolute Gasteiger partial charge is 0.467 e. The van der Waals surface area contributed by atoms with Crippen molar-refractivity contribution in [2.45, 2.75) is 12.5 Å². The van der Waals surface area contributed by atoms with Crippen molar-refractivity contribution in [1.82, 2.24) is 5.32 Å². The van der Waals surface area contributed by atoms with E-state index < -0.39 is 23.7 Å². The van der Waals surface area contributed by atoms with Crippen LogP contribution in [0.15, 0.2) is 42.5 Å². The summed E-state index contributed by atoms with van der Waals surface area (Å²) in [5.74, 6) is -2.05. The average Bonchev–Trinajstić information content (AvgIpc) is 2.56. The molecule has 2 rings (SSSR count). The highest BCUT2D eigenvalue weighted by Crippen LogP contribution is 2.22. The molecule has 0 spiro atoms. The van der Waals surface area contributed by atoms with E-state index in [0.29, 0.717) is 15.6 Å². The van der Waals surface area contributed by atoms with Crippen LogP contribution in [0.4, 0.5) is 4.39 Å². The second kappa shape index (κ2) is 8.13. The zero-order valence-corrected chi connectivity index (χ0v) is 14.2. The second-order valence-electron chi connectivity index (χ2n) is 4.97. The summed E-state index contributed by atoms with van der Waals surface area (Å²) in [4.78, 5) is 24.2. The maximum absolute atomic E-state index is 13.7. The highest BCUT2D eigenvalue weighted by atomic mass is 35.5. The number of nitrogens with one attached hydrogen (secondary N) is 1. The van der Waals surface area contributed by atoms with Crippen LogP contribution in [0.1, 0.15) is 15.9 Å². The number of ether oxygens (including phenoxy) is 1. The van der Waals surface area contributed by atoms with Gasteiger partial charge in [-0.1, -0.05) is 41.4 Å². The molecule has 7 heteroatoms. The van der Waals surface area contributed by atoms with E-state index in [-0.39, 0.29) is 12.0 Å². The van der Waals surface area contributed by atoms with Crippen LogP contribution in [0.5, 0.6) is 0 Å². The third-order valence-electron chi connectivity index (χ3n) is 3.35. The van der Waals surface area contributed by atoms with Crippen LogP contribution in [0.3, 0.4) is 0 Å². The fraction of sp³-hybridized carbons (Fsp3) is 0.176. The van der Waals surface area contributed by atoms with Gasteiger partial charge in [0.05, 0.1) is 12.7 Å². The lowest BCUT2D eigenvalue weighted by atomic mass is 10.0. The van der Waals surface area contributed by atoms with Gasteiger partial charge in [0.2, 0.25) is 0 Å². The van der Waals surface area contributed by atoms with Crippen LogP contribution in [0.25, 0.3) is 0 Å². The van der Waals surface area contributed by atoms with E-state index in [2.05, 4.69) is 5.32 Å². The summed E-state index contributed by atoms with van der Waals surface area (Å²) in [5.41, 5.74) is 0.443. The monoisotopic (exact) mass is 369 g/mol. The van der Waals surface area contributed by atoms with Crippen LogP contribution >= 0.6 is 23.2 Å². The molecule has 24 heavy (non-hydrogen) atoms. The van der Waals surface area contributed by atoms with Crippen LogP contribution in [-0.2, 0) is 16.0 Å². The minimum atomic E-state index is -1.01. The highest BCUT2D eigenvalue weighted by molar-refractivity contribution is 6.35. The number of carbonyl (C=O) groups is 2. The summed E-state index contributed by atoms with van der Waals surface area (Å²) in [7, 11) is 1.20. The van der Waals surface area contributed by atoms with Crippen molar-refractivity contribution in [3.63, 3.8) is 0 Å². The van der Waals surface area contributed by atoms with Gasteiger partial charge in [0.25, 0.3) is 5.91 Å². The van der Waals surface area contributed by atoms with Gasteiger partial charge in [-0.3, -0.25) is 4.79 Å². The SMILES string of the molecule is COC(=O)[C@@H](Cc1ccc(Cl)cc1Cl)NC(=O)c1ccccc1F. The fourth-order valence-electron chi connectivity index (χ4n) is 2.12. The quantitative estimate of drug-likeness (QED) is 0.818. The first-order valence-corrected chi connectivity index (χ1v) is 7.75. The van der Waals surface area contributed by atoms with E-state index in [9.17, 15) is 14.0 Å². The first kappa shape index (κ1) is 18.2. The zero-order valence-electron chi connectivity index (χ0n) is 12.7. The van der Waals surface area contributed by atoms with Gasteiger partial charge in [0.15, 0.2) is 0 Å². The summed E-state index contributed by atoms with van der Waals surface area (Å²) in [6, 6.07) is 9.28. The van der Waals surface area contributed by atoms with Crippen molar-refractivity contribution >= 4 is 35.1 Å². The van der Waals surface area contributed by atoms with Gasteiger partial charge in [-0.2, -0.15) is 0 Å². The minimum Gasteiger partial charge on any atom is -0.467 e. The van der Waals surface area contributed by atoms with Gasteiger partial charge in [-0.25, -0.2) is 9.18 Å². The lowest BCUT2D eigenvalue weighted by molar-refractivity contribution is -0.142. The van der Waals surface area contributed by atoms with Crippen molar-refractivity contribution < 1.29 is 18.7 Å². The zero-order chi connectivity index (χ0) is 17.7. The van der Waals surface area contributed by atoms with Crippen LogP contribution in [-0.4, -0.2) is 25.0 Å². The number of hydrogen-bond donors (Lipinski definition) is 1. The van der Waals surface area contributed by atoms with E-state index in [1.54, 1.807) is 12.1 Å². The van der Waals surface area contributed by atoms with E-state index >= 15 is 0 Å². The molecule has 0 aliphatic heterocycles. The maximum Gasteiger partial charge on any atom is 0.328 e.